The molecule has 0 radical (unpaired) electrons. The van der Waals surface area contributed by atoms with E-state index in [1.54, 1.807) is 6.20 Å². The number of halogens is 1. The summed E-state index contributed by atoms with van der Waals surface area (Å²) in [6.45, 7) is -0.0393. The van der Waals surface area contributed by atoms with Gasteiger partial charge in [0.15, 0.2) is 6.10 Å². The van der Waals surface area contributed by atoms with Crippen molar-refractivity contribution in [3.63, 3.8) is 0 Å². The quantitative estimate of drug-likeness (QED) is 0.776. The SMILES string of the molecule is CS(=O)(=O)OC[C@@H]1CC(c2ccc(Br)cn2)=NO1. The first-order valence-corrected chi connectivity index (χ1v) is 7.74. The summed E-state index contributed by atoms with van der Waals surface area (Å²) in [5.41, 5.74) is 1.39. The van der Waals surface area contributed by atoms with E-state index in [2.05, 4.69) is 30.3 Å². The van der Waals surface area contributed by atoms with Crippen molar-refractivity contribution >= 4 is 31.8 Å². The van der Waals surface area contributed by atoms with Crippen LogP contribution in [0.2, 0.25) is 0 Å². The molecule has 98 valence electrons. The second-order valence-corrected chi connectivity index (χ2v) is 6.38. The van der Waals surface area contributed by atoms with E-state index in [9.17, 15) is 8.42 Å². The molecular formula is C10H11BrN2O4S. The molecule has 1 aromatic heterocycles. The zero-order valence-electron chi connectivity index (χ0n) is 9.54. The first-order chi connectivity index (χ1) is 8.44. The molecule has 0 N–H and O–H groups in total. The summed E-state index contributed by atoms with van der Waals surface area (Å²) >= 11 is 3.29. The van der Waals surface area contributed by atoms with Crippen molar-refractivity contribution in [2.24, 2.45) is 5.16 Å². The number of pyridine rings is 1. The molecule has 0 amide bonds. The van der Waals surface area contributed by atoms with Gasteiger partial charge in [-0.15, -0.1) is 0 Å². The third-order valence-electron chi connectivity index (χ3n) is 2.22. The van der Waals surface area contributed by atoms with Crippen LogP contribution in [0.5, 0.6) is 0 Å². The lowest BCUT2D eigenvalue weighted by molar-refractivity contribution is 0.0493. The minimum Gasteiger partial charge on any atom is -0.389 e. The summed E-state index contributed by atoms with van der Waals surface area (Å²) in [6.07, 6.45) is 2.75. The molecule has 0 unspecified atom stereocenters. The number of hydrogen-bond acceptors (Lipinski definition) is 6. The van der Waals surface area contributed by atoms with Gasteiger partial charge in [0.05, 0.1) is 11.9 Å². The summed E-state index contributed by atoms with van der Waals surface area (Å²) in [5.74, 6) is 0. The maximum atomic E-state index is 10.8. The van der Waals surface area contributed by atoms with Crippen molar-refractivity contribution < 1.29 is 17.4 Å². The fraction of sp³-hybridized carbons (Fsp3) is 0.400. The molecular weight excluding hydrogens is 324 g/mol. The molecule has 18 heavy (non-hydrogen) atoms. The van der Waals surface area contributed by atoms with Gasteiger partial charge in [-0.05, 0) is 28.1 Å². The monoisotopic (exact) mass is 334 g/mol. The molecule has 0 spiro atoms. The number of rotatable bonds is 4. The van der Waals surface area contributed by atoms with Crippen LogP contribution in [0.1, 0.15) is 12.1 Å². The Bertz CT molecular complexity index is 556. The molecule has 0 fully saturated rings. The standard InChI is InChI=1S/C10H11BrN2O4S/c1-18(14,15)16-6-8-4-10(13-17-8)9-3-2-7(11)5-12-9/h2-3,5,8H,4,6H2,1H3/t8-/m0/s1. The molecule has 1 atom stereocenters. The average molecular weight is 335 g/mol. The summed E-state index contributed by atoms with van der Waals surface area (Å²) < 4.78 is 27.2. The molecule has 1 aliphatic rings. The Kier molecular flexibility index (Phi) is 3.98. The highest BCUT2D eigenvalue weighted by molar-refractivity contribution is 9.10. The summed E-state index contributed by atoms with van der Waals surface area (Å²) in [6, 6.07) is 3.66. The molecule has 2 heterocycles. The maximum Gasteiger partial charge on any atom is 0.264 e. The topological polar surface area (TPSA) is 77.9 Å². The van der Waals surface area contributed by atoms with E-state index in [4.69, 9.17) is 4.84 Å². The van der Waals surface area contributed by atoms with E-state index < -0.39 is 10.1 Å². The van der Waals surface area contributed by atoms with Crippen LogP contribution in [0, 0.1) is 0 Å². The van der Waals surface area contributed by atoms with E-state index in [1.165, 1.54) is 0 Å². The van der Waals surface area contributed by atoms with Gasteiger partial charge >= 0.3 is 0 Å². The predicted molar refractivity (Wildman–Crippen MR) is 68.8 cm³/mol. The third kappa shape index (κ3) is 3.76. The lowest BCUT2D eigenvalue weighted by atomic mass is 10.1. The highest BCUT2D eigenvalue weighted by atomic mass is 79.9. The van der Waals surface area contributed by atoms with Crippen molar-refractivity contribution in [2.45, 2.75) is 12.5 Å². The second-order valence-electron chi connectivity index (χ2n) is 3.82. The third-order valence-corrected chi connectivity index (χ3v) is 3.26. The van der Waals surface area contributed by atoms with Gasteiger partial charge in [-0.25, -0.2) is 0 Å². The largest absolute Gasteiger partial charge is 0.389 e. The number of nitrogens with zero attached hydrogens (tertiary/aromatic N) is 2. The molecule has 6 nitrogen and oxygen atoms in total. The number of hydrogen-bond donors (Lipinski definition) is 0. The van der Waals surface area contributed by atoms with Gasteiger partial charge in [0.25, 0.3) is 10.1 Å². The smallest absolute Gasteiger partial charge is 0.264 e. The number of aromatic nitrogens is 1. The van der Waals surface area contributed by atoms with Gasteiger partial charge in [-0.3, -0.25) is 9.17 Å². The molecule has 0 bridgehead atoms. The van der Waals surface area contributed by atoms with Gasteiger partial charge in [-0.1, -0.05) is 5.16 Å². The van der Waals surface area contributed by atoms with Gasteiger partial charge in [0.1, 0.15) is 12.3 Å². The van der Waals surface area contributed by atoms with Crippen molar-refractivity contribution in [2.75, 3.05) is 12.9 Å². The van der Waals surface area contributed by atoms with E-state index in [1.807, 2.05) is 12.1 Å². The zero-order chi connectivity index (χ0) is 13.2. The second kappa shape index (κ2) is 5.33. The zero-order valence-corrected chi connectivity index (χ0v) is 11.9. The van der Waals surface area contributed by atoms with Crippen LogP contribution in [0.4, 0.5) is 0 Å². The van der Waals surface area contributed by atoms with E-state index in [0.717, 1.165) is 10.7 Å². The van der Waals surface area contributed by atoms with Crippen LogP contribution in [0.25, 0.3) is 0 Å². The van der Waals surface area contributed by atoms with Crippen LogP contribution < -0.4 is 0 Å². The molecule has 8 heteroatoms. The highest BCUT2D eigenvalue weighted by Gasteiger charge is 2.24. The van der Waals surface area contributed by atoms with Crippen molar-refractivity contribution in [1.29, 1.82) is 0 Å². The van der Waals surface area contributed by atoms with Crippen molar-refractivity contribution in [3.8, 4) is 0 Å². The fourth-order valence-electron chi connectivity index (χ4n) is 1.42. The van der Waals surface area contributed by atoms with Gasteiger partial charge < -0.3 is 4.84 Å². The van der Waals surface area contributed by atoms with Crippen LogP contribution in [-0.2, 0) is 19.1 Å². The molecule has 0 saturated heterocycles. The lowest BCUT2D eigenvalue weighted by Gasteiger charge is -2.06. The Morgan fingerprint density at radius 1 is 1.56 bits per heavy atom. The van der Waals surface area contributed by atoms with E-state index >= 15 is 0 Å². The summed E-state index contributed by atoms with van der Waals surface area (Å²) in [5, 5.41) is 3.88. The molecule has 1 aliphatic heterocycles. The summed E-state index contributed by atoms with van der Waals surface area (Å²) in [7, 11) is -3.45. The Balaban J connectivity index is 1.93. The fourth-order valence-corrected chi connectivity index (χ4v) is 2.05. The van der Waals surface area contributed by atoms with Crippen LogP contribution in [0.15, 0.2) is 28.0 Å². The van der Waals surface area contributed by atoms with Gasteiger partial charge in [-0.2, -0.15) is 8.42 Å². The minimum atomic E-state index is -3.45. The first kappa shape index (κ1) is 13.4. The molecule has 0 aliphatic carbocycles. The minimum absolute atomic E-state index is 0.0393. The van der Waals surface area contributed by atoms with E-state index in [-0.39, 0.29) is 12.7 Å². The molecule has 2 rings (SSSR count). The maximum absolute atomic E-state index is 10.8. The number of oxime groups is 1. The Labute approximate surface area is 113 Å². The van der Waals surface area contributed by atoms with Gasteiger partial charge in [0.2, 0.25) is 0 Å². The first-order valence-electron chi connectivity index (χ1n) is 5.13. The van der Waals surface area contributed by atoms with Crippen LogP contribution in [-0.4, -0.2) is 38.1 Å². The van der Waals surface area contributed by atoms with Crippen LogP contribution in [0.3, 0.4) is 0 Å². The lowest BCUT2D eigenvalue weighted by Crippen LogP contribution is -2.19. The Morgan fingerprint density at radius 3 is 2.94 bits per heavy atom. The molecule has 0 aromatic carbocycles. The normalized spacial score (nSPS) is 19.4. The summed E-state index contributed by atoms with van der Waals surface area (Å²) in [4.78, 5) is 9.28. The van der Waals surface area contributed by atoms with Crippen molar-refractivity contribution in [1.82, 2.24) is 4.98 Å². The Hall–Kier alpha value is -0.990. The molecule has 0 saturated carbocycles. The Morgan fingerprint density at radius 2 is 2.33 bits per heavy atom. The average Bonchev–Trinajstić information content (AvgIpc) is 2.75. The van der Waals surface area contributed by atoms with Gasteiger partial charge in [0, 0.05) is 17.1 Å². The highest BCUT2D eigenvalue weighted by Crippen LogP contribution is 2.17. The van der Waals surface area contributed by atoms with Crippen molar-refractivity contribution in [3.05, 3.63) is 28.5 Å². The van der Waals surface area contributed by atoms with Crippen LogP contribution >= 0.6 is 15.9 Å². The predicted octanol–water partition coefficient (Wildman–Crippen LogP) is 1.31. The molecule has 1 aromatic rings. The van der Waals surface area contributed by atoms with E-state index in [0.29, 0.717) is 17.8 Å².